The molecule has 0 spiro atoms. The van der Waals surface area contributed by atoms with E-state index in [1.54, 1.807) is 0 Å². The van der Waals surface area contributed by atoms with Gasteiger partial charge in [-0.05, 0) is 116 Å². The van der Waals surface area contributed by atoms with Crippen LogP contribution in [0.5, 0.6) is 0 Å². The summed E-state index contributed by atoms with van der Waals surface area (Å²) in [4.78, 5) is 2.33. The molecule has 10 aromatic rings. The van der Waals surface area contributed by atoms with Gasteiger partial charge in [0.25, 0.3) is 0 Å². The molecule has 0 N–H and O–H groups in total. The fraction of sp³-hybridized carbons (Fsp3) is 0. The van der Waals surface area contributed by atoms with Gasteiger partial charge in [0.05, 0.1) is 0 Å². The number of hydrogen-bond acceptors (Lipinski definition) is 2. The first-order chi connectivity index (χ1) is 26.7. The Labute approximate surface area is 314 Å². The third kappa shape index (κ3) is 5.81. The number of anilines is 3. The highest BCUT2D eigenvalue weighted by Gasteiger charge is 2.15. The zero-order chi connectivity index (χ0) is 35.8. The summed E-state index contributed by atoms with van der Waals surface area (Å²) in [7, 11) is 0. The highest BCUT2D eigenvalue weighted by Crippen LogP contribution is 2.39. The van der Waals surface area contributed by atoms with Crippen LogP contribution in [0.1, 0.15) is 0 Å². The summed E-state index contributed by atoms with van der Waals surface area (Å²) in [5, 5.41) is 4.80. The Morgan fingerprint density at radius 2 is 0.741 bits per heavy atom. The molecule has 0 radical (unpaired) electrons. The van der Waals surface area contributed by atoms with Gasteiger partial charge in [0.1, 0.15) is 11.2 Å². The SMILES string of the molecule is c1ccc(-c2ccc(N(c3ccc(-c4cccc(-c5cccc6ccccc56)c4)cc3)c3ccc(-c4ccc5c(c4)oc4ccccc45)cc3)cc2)cc1. The minimum Gasteiger partial charge on any atom is -0.456 e. The van der Waals surface area contributed by atoms with Crippen LogP contribution in [-0.4, -0.2) is 0 Å². The molecule has 0 aliphatic heterocycles. The van der Waals surface area contributed by atoms with E-state index >= 15 is 0 Å². The Morgan fingerprint density at radius 1 is 0.278 bits per heavy atom. The molecule has 0 unspecified atom stereocenters. The van der Waals surface area contributed by atoms with Crippen molar-refractivity contribution in [2.75, 3.05) is 4.90 Å². The Hall–Kier alpha value is -7.16. The normalized spacial score (nSPS) is 11.3. The van der Waals surface area contributed by atoms with Crippen molar-refractivity contribution in [2.45, 2.75) is 0 Å². The lowest BCUT2D eigenvalue weighted by atomic mass is 9.95. The fourth-order valence-electron chi connectivity index (χ4n) is 7.74. The minimum atomic E-state index is 0.903. The highest BCUT2D eigenvalue weighted by atomic mass is 16.3. The average molecular weight is 690 g/mol. The van der Waals surface area contributed by atoms with Crippen molar-refractivity contribution in [1.82, 2.24) is 0 Å². The van der Waals surface area contributed by atoms with Crippen LogP contribution in [0, 0.1) is 0 Å². The van der Waals surface area contributed by atoms with Crippen LogP contribution in [0.2, 0.25) is 0 Å². The first-order valence-electron chi connectivity index (χ1n) is 18.4. The predicted molar refractivity (Wildman–Crippen MR) is 228 cm³/mol. The molecule has 0 aliphatic rings. The molecular formula is C52H35NO. The van der Waals surface area contributed by atoms with Crippen LogP contribution >= 0.6 is 0 Å². The maximum absolute atomic E-state index is 6.21. The second-order valence-corrected chi connectivity index (χ2v) is 13.8. The van der Waals surface area contributed by atoms with Crippen molar-refractivity contribution < 1.29 is 4.42 Å². The van der Waals surface area contributed by atoms with Gasteiger partial charge in [-0.15, -0.1) is 0 Å². The number of fused-ring (bicyclic) bond motifs is 4. The van der Waals surface area contributed by atoms with Gasteiger partial charge in [-0.3, -0.25) is 0 Å². The molecule has 0 fully saturated rings. The van der Waals surface area contributed by atoms with E-state index in [-0.39, 0.29) is 0 Å². The molecule has 0 atom stereocenters. The quantitative estimate of drug-likeness (QED) is 0.166. The monoisotopic (exact) mass is 689 g/mol. The highest BCUT2D eigenvalue weighted by molar-refractivity contribution is 6.06. The van der Waals surface area contributed by atoms with E-state index in [2.05, 4.69) is 205 Å². The van der Waals surface area contributed by atoms with Crippen molar-refractivity contribution in [3.63, 3.8) is 0 Å². The zero-order valence-corrected chi connectivity index (χ0v) is 29.6. The van der Waals surface area contributed by atoms with Crippen molar-refractivity contribution in [3.05, 3.63) is 212 Å². The molecule has 0 aliphatic carbocycles. The van der Waals surface area contributed by atoms with E-state index in [0.717, 1.165) is 50.1 Å². The Kier molecular flexibility index (Phi) is 7.85. The molecule has 0 saturated carbocycles. The van der Waals surface area contributed by atoms with Crippen LogP contribution in [-0.2, 0) is 0 Å². The van der Waals surface area contributed by atoms with Gasteiger partial charge in [-0.25, -0.2) is 0 Å². The maximum atomic E-state index is 6.21. The van der Waals surface area contributed by atoms with Crippen molar-refractivity contribution in [1.29, 1.82) is 0 Å². The smallest absolute Gasteiger partial charge is 0.136 e. The van der Waals surface area contributed by atoms with Gasteiger partial charge in [0.2, 0.25) is 0 Å². The third-order valence-corrected chi connectivity index (χ3v) is 10.5. The minimum absolute atomic E-state index is 0.903. The second kappa shape index (κ2) is 13.4. The molecule has 0 bridgehead atoms. The Bertz CT molecular complexity index is 2900. The number of nitrogens with zero attached hydrogens (tertiary/aromatic N) is 1. The third-order valence-electron chi connectivity index (χ3n) is 10.5. The van der Waals surface area contributed by atoms with Crippen molar-refractivity contribution >= 4 is 49.8 Å². The molecule has 0 saturated heterocycles. The molecule has 1 aromatic heterocycles. The summed E-state index contributed by atoms with van der Waals surface area (Å²) in [6, 6.07) is 75.9. The topological polar surface area (TPSA) is 16.4 Å². The van der Waals surface area contributed by atoms with Crippen LogP contribution in [0.4, 0.5) is 17.1 Å². The summed E-state index contributed by atoms with van der Waals surface area (Å²) < 4.78 is 6.21. The number of rotatable bonds is 7. The van der Waals surface area contributed by atoms with E-state index in [1.165, 1.54) is 44.2 Å². The van der Waals surface area contributed by atoms with Crippen LogP contribution in [0.15, 0.2) is 217 Å². The maximum Gasteiger partial charge on any atom is 0.136 e. The number of para-hydroxylation sites is 1. The molecule has 10 rings (SSSR count). The van der Waals surface area contributed by atoms with Crippen LogP contribution in [0.3, 0.4) is 0 Å². The van der Waals surface area contributed by atoms with E-state index in [9.17, 15) is 0 Å². The lowest BCUT2D eigenvalue weighted by molar-refractivity contribution is 0.669. The first-order valence-corrected chi connectivity index (χ1v) is 18.4. The summed E-state index contributed by atoms with van der Waals surface area (Å²) in [5.41, 5.74) is 14.6. The largest absolute Gasteiger partial charge is 0.456 e. The van der Waals surface area contributed by atoms with Gasteiger partial charge in [0, 0.05) is 27.8 Å². The van der Waals surface area contributed by atoms with E-state index < -0.39 is 0 Å². The molecule has 254 valence electrons. The second-order valence-electron chi connectivity index (χ2n) is 13.8. The molecular weight excluding hydrogens is 655 g/mol. The summed E-state index contributed by atoms with van der Waals surface area (Å²) >= 11 is 0. The van der Waals surface area contributed by atoms with Gasteiger partial charge >= 0.3 is 0 Å². The van der Waals surface area contributed by atoms with Gasteiger partial charge in [0.15, 0.2) is 0 Å². The van der Waals surface area contributed by atoms with E-state index in [0.29, 0.717) is 0 Å². The standard InChI is InChI=1S/C52H35NO/c1-2-10-36(11-3-1)37-20-27-44(28-21-37)53(46-31-24-39(25-32-46)42-26-33-50-49-17-6-7-19-51(49)54-52(50)35-42)45-29-22-38(23-30-45)41-14-8-15-43(34-41)48-18-9-13-40-12-4-5-16-47(40)48/h1-35H. The van der Waals surface area contributed by atoms with Gasteiger partial charge in [-0.1, -0.05) is 152 Å². The van der Waals surface area contributed by atoms with Crippen molar-refractivity contribution in [2.24, 2.45) is 0 Å². The molecule has 2 nitrogen and oxygen atoms in total. The van der Waals surface area contributed by atoms with E-state index in [4.69, 9.17) is 4.42 Å². The number of furan rings is 1. The van der Waals surface area contributed by atoms with E-state index in [1.807, 2.05) is 12.1 Å². The Morgan fingerprint density at radius 3 is 1.44 bits per heavy atom. The lowest BCUT2D eigenvalue weighted by Crippen LogP contribution is -2.09. The summed E-state index contributed by atoms with van der Waals surface area (Å²) in [6.07, 6.45) is 0. The number of hydrogen-bond donors (Lipinski definition) is 0. The molecule has 0 amide bonds. The molecule has 2 heteroatoms. The molecule has 9 aromatic carbocycles. The van der Waals surface area contributed by atoms with Crippen molar-refractivity contribution in [3.8, 4) is 44.5 Å². The Balaban J connectivity index is 1.00. The first kappa shape index (κ1) is 31.6. The fourth-order valence-corrected chi connectivity index (χ4v) is 7.74. The van der Waals surface area contributed by atoms with Crippen LogP contribution in [0.25, 0.3) is 77.2 Å². The molecule has 1 heterocycles. The summed E-state index contributed by atoms with van der Waals surface area (Å²) in [5.74, 6) is 0. The van der Waals surface area contributed by atoms with Gasteiger partial charge in [-0.2, -0.15) is 0 Å². The lowest BCUT2D eigenvalue weighted by Gasteiger charge is -2.26. The van der Waals surface area contributed by atoms with Gasteiger partial charge < -0.3 is 9.32 Å². The average Bonchev–Trinajstić information content (AvgIpc) is 3.63. The zero-order valence-electron chi connectivity index (χ0n) is 29.6. The van der Waals surface area contributed by atoms with Crippen LogP contribution < -0.4 is 4.90 Å². The number of benzene rings is 9. The molecule has 54 heavy (non-hydrogen) atoms. The summed E-state index contributed by atoms with van der Waals surface area (Å²) in [6.45, 7) is 0. The predicted octanol–water partition coefficient (Wildman–Crippen LogP) is 14.9.